The third-order valence-corrected chi connectivity index (χ3v) is 3.23. The lowest BCUT2D eigenvalue weighted by Crippen LogP contribution is -2.11. The molecule has 1 nitrogen and oxygen atoms in total. The highest BCUT2D eigenvalue weighted by atomic mass is 28.2. The quantitative estimate of drug-likeness (QED) is 0.501. The number of unbranched alkanes of at least 4 members (excludes halogenated alkanes) is 1. The number of rotatable bonds is 4. The van der Waals surface area contributed by atoms with Gasteiger partial charge in [0, 0.05) is 6.42 Å². The molecule has 0 saturated carbocycles. The summed E-state index contributed by atoms with van der Waals surface area (Å²) in [6, 6.07) is 13.9. The molecule has 61 valence electrons. The van der Waals surface area contributed by atoms with Crippen LogP contribution >= 0.6 is 0 Å². The zero-order chi connectivity index (χ0) is 8.65. The van der Waals surface area contributed by atoms with Crippen LogP contribution in [-0.4, -0.2) is 9.52 Å². The molecule has 0 aliphatic rings. The molecule has 0 fully saturated rings. The van der Waals surface area contributed by atoms with Crippen LogP contribution in [0.3, 0.4) is 0 Å². The van der Waals surface area contributed by atoms with Crippen LogP contribution < -0.4 is 5.19 Å². The Morgan fingerprint density at radius 2 is 2.00 bits per heavy atom. The van der Waals surface area contributed by atoms with Crippen molar-refractivity contribution in [3.05, 3.63) is 30.3 Å². The van der Waals surface area contributed by atoms with E-state index in [0.29, 0.717) is 15.9 Å². The van der Waals surface area contributed by atoms with Crippen LogP contribution in [0, 0.1) is 11.3 Å². The number of nitriles is 1. The molecule has 0 heterocycles. The maximum atomic E-state index is 8.32. The molecular formula is C10H12NSi. The van der Waals surface area contributed by atoms with E-state index in [1.165, 1.54) is 11.2 Å². The molecule has 0 aromatic heterocycles. The highest BCUT2D eigenvalue weighted by Gasteiger charge is 1.92. The van der Waals surface area contributed by atoms with Crippen LogP contribution in [0.15, 0.2) is 30.3 Å². The molecule has 0 bridgehead atoms. The van der Waals surface area contributed by atoms with E-state index < -0.39 is 0 Å². The second-order valence-electron chi connectivity index (χ2n) is 2.67. The van der Waals surface area contributed by atoms with E-state index >= 15 is 0 Å². The number of nitrogens with zero attached hydrogens (tertiary/aromatic N) is 1. The normalized spacial score (nSPS) is 9.25. The fourth-order valence-corrected chi connectivity index (χ4v) is 2.27. The van der Waals surface area contributed by atoms with Crippen molar-refractivity contribution in [2.75, 3.05) is 0 Å². The van der Waals surface area contributed by atoms with E-state index in [4.69, 9.17) is 5.26 Å². The number of hydrogen-bond acceptors (Lipinski definition) is 1. The van der Waals surface area contributed by atoms with Crippen LogP contribution in [0.2, 0.25) is 6.04 Å². The van der Waals surface area contributed by atoms with Gasteiger partial charge in [-0.1, -0.05) is 41.6 Å². The third-order valence-electron chi connectivity index (χ3n) is 1.67. The first-order valence-electron chi connectivity index (χ1n) is 4.18. The molecule has 1 aromatic rings. The van der Waals surface area contributed by atoms with Crippen LogP contribution in [0.5, 0.6) is 0 Å². The van der Waals surface area contributed by atoms with E-state index in [9.17, 15) is 0 Å². The van der Waals surface area contributed by atoms with Gasteiger partial charge in [-0.25, -0.2) is 0 Å². The molecule has 0 aliphatic heterocycles. The van der Waals surface area contributed by atoms with E-state index in [1.807, 2.05) is 6.07 Å². The Morgan fingerprint density at radius 3 is 2.67 bits per heavy atom. The van der Waals surface area contributed by atoms with Crippen molar-refractivity contribution in [2.24, 2.45) is 0 Å². The molecule has 1 aromatic carbocycles. The van der Waals surface area contributed by atoms with Gasteiger partial charge in [0.15, 0.2) is 0 Å². The predicted molar refractivity (Wildman–Crippen MR) is 52.9 cm³/mol. The fourth-order valence-electron chi connectivity index (χ4n) is 1.04. The average molecular weight is 174 g/mol. The second-order valence-corrected chi connectivity index (χ2v) is 4.32. The molecule has 0 aliphatic carbocycles. The lowest BCUT2D eigenvalue weighted by Gasteiger charge is -1.96. The first kappa shape index (κ1) is 9.02. The Balaban J connectivity index is 2.21. The van der Waals surface area contributed by atoms with Crippen molar-refractivity contribution in [3.8, 4) is 6.07 Å². The molecule has 12 heavy (non-hydrogen) atoms. The summed E-state index contributed by atoms with van der Waals surface area (Å²) in [6.45, 7) is 0. The van der Waals surface area contributed by atoms with Crippen LogP contribution in [0.1, 0.15) is 12.8 Å². The summed E-state index contributed by atoms with van der Waals surface area (Å²) in [5.41, 5.74) is 0. The first-order chi connectivity index (χ1) is 5.93. The Bertz CT molecular complexity index is 250. The van der Waals surface area contributed by atoms with Gasteiger partial charge in [0.1, 0.15) is 0 Å². The third kappa shape index (κ3) is 3.36. The number of hydrogen-bond donors (Lipinski definition) is 0. The fraction of sp³-hybridized carbons (Fsp3) is 0.300. The van der Waals surface area contributed by atoms with Gasteiger partial charge in [0.25, 0.3) is 0 Å². The molecule has 0 amide bonds. The highest BCUT2D eigenvalue weighted by molar-refractivity contribution is 6.53. The van der Waals surface area contributed by atoms with Gasteiger partial charge in [0.05, 0.1) is 15.6 Å². The van der Waals surface area contributed by atoms with Gasteiger partial charge >= 0.3 is 0 Å². The van der Waals surface area contributed by atoms with Crippen molar-refractivity contribution in [3.63, 3.8) is 0 Å². The largest absolute Gasteiger partial charge is 0.198 e. The van der Waals surface area contributed by atoms with Gasteiger partial charge in [-0.2, -0.15) is 5.26 Å². The predicted octanol–water partition coefficient (Wildman–Crippen LogP) is 1.47. The topological polar surface area (TPSA) is 23.8 Å². The highest BCUT2D eigenvalue weighted by Crippen LogP contribution is 1.93. The molecule has 2 heteroatoms. The van der Waals surface area contributed by atoms with Crippen molar-refractivity contribution in [2.45, 2.75) is 18.9 Å². The van der Waals surface area contributed by atoms with E-state index in [1.54, 1.807) is 0 Å². The minimum absolute atomic E-state index is 0.390. The maximum absolute atomic E-state index is 8.32. The second kappa shape index (κ2) is 5.56. The SMILES string of the molecule is N#CCCC[SiH]c1ccccc1. The maximum Gasteiger partial charge on any atom is 0.0668 e. The standard InChI is InChI=1S/C10H12NSi/c11-8-4-5-9-12-10-6-2-1-3-7-10/h1-3,6-7,12H,4-5,9H2. The van der Waals surface area contributed by atoms with Crippen LogP contribution in [0.25, 0.3) is 0 Å². The minimum atomic E-state index is 0.390. The Labute approximate surface area is 75.9 Å². The lowest BCUT2D eigenvalue weighted by molar-refractivity contribution is 0.962. The summed E-state index contributed by atoms with van der Waals surface area (Å²) in [5.74, 6) is 0. The van der Waals surface area contributed by atoms with Gasteiger partial charge in [-0.05, 0) is 6.42 Å². The molecule has 1 rings (SSSR count). The van der Waals surface area contributed by atoms with Gasteiger partial charge < -0.3 is 0 Å². The van der Waals surface area contributed by atoms with E-state index in [2.05, 4.69) is 30.3 Å². The Hall–Kier alpha value is -1.07. The molecular weight excluding hydrogens is 162 g/mol. The minimum Gasteiger partial charge on any atom is -0.198 e. The van der Waals surface area contributed by atoms with Gasteiger partial charge in [-0.3, -0.25) is 0 Å². The summed E-state index contributed by atoms with van der Waals surface area (Å²) < 4.78 is 0. The smallest absolute Gasteiger partial charge is 0.0668 e. The van der Waals surface area contributed by atoms with Crippen molar-refractivity contribution < 1.29 is 0 Å². The van der Waals surface area contributed by atoms with Crippen molar-refractivity contribution in [1.29, 1.82) is 5.26 Å². The molecule has 1 radical (unpaired) electrons. The van der Waals surface area contributed by atoms with Crippen molar-refractivity contribution in [1.82, 2.24) is 0 Å². The van der Waals surface area contributed by atoms with Crippen LogP contribution in [-0.2, 0) is 0 Å². The summed E-state index contributed by atoms with van der Waals surface area (Å²) in [5, 5.41) is 9.78. The Morgan fingerprint density at radius 1 is 1.25 bits per heavy atom. The zero-order valence-corrected chi connectivity index (χ0v) is 8.19. The summed E-state index contributed by atoms with van der Waals surface area (Å²) in [7, 11) is 0.390. The summed E-state index contributed by atoms with van der Waals surface area (Å²) in [4.78, 5) is 0. The zero-order valence-electron chi connectivity index (χ0n) is 7.03. The van der Waals surface area contributed by atoms with Crippen LogP contribution in [0.4, 0.5) is 0 Å². The molecule has 0 atom stereocenters. The van der Waals surface area contributed by atoms with E-state index in [-0.39, 0.29) is 0 Å². The van der Waals surface area contributed by atoms with Gasteiger partial charge in [0.2, 0.25) is 0 Å². The first-order valence-corrected chi connectivity index (χ1v) is 5.58. The van der Waals surface area contributed by atoms with E-state index in [0.717, 1.165) is 6.42 Å². The van der Waals surface area contributed by atoms with Gasteiger partial charge in [-0.15, -0.1) is 0 Å². The molecule has 0 N–H and O–H groups in total. The number of benzene rings is 1. The average Bonchev–Trinajstić information content (AvgIpc) is 2.14. The summed E-state index contributed by atoms with van der Waals surface area (Å²) >= 11 is 0. The molecule has 0 unspecified atom stereocenters. The Kier molecular flexibility index (Phi) is 4.18. The monoisotopic (exact) mass is 174 g/mol. The molecule has 0 spiro atoms. The molecule has 0 saturated heterocycles. The van der Waals surface area contributed by atoms with Crippen molar-refractivity contribution >= 4 is 14.7 Å². The lowest BCUT2D eigenvalue weighted by atomic mass is 10.4. The summed E-state index contributed by atoms with van der Waals surface area (Å²) in [6.07, 6.45) is 1.76.